The average Bonchev–Trinajstić information content (AvgIpc) is 2.34. The van der Waals surface area contributed by atoms with Gasteiger partial charge in [-0.15, -0.1) is 0 Å². The summed E-state index contributed by atoms with van der Waals surface area (Å²) in [5, 5.41) is 8.83. The van der Waals surface area contributed by atoms with Gasteiger partial charge in [-0.05, 0) is 42.3 Å². The Kier molecular flexibility index (Phi) is 3.63. The van der Waals surface area contributed by atoms with E-state index in [1.165, 1.54) is 0 Å². The zero-order valence-corrected chi connectivity index (χ0v) is 10.1. The van der Waals surface area contributed by atoms with Crippen molar-refractivity contribution < 1.29 is 14.6 Å². The van der Waals surface area contributed by atoms with Gasteiger partial charge >= 0.3 is 5.97 Å². The summed E-state index contributed by atoms with van der Waals surface area (Å²) >= 11 is 0. The van der Waals surface area contributed by atoms with Crippen LogP contribution in [-0.2, 0) is 11.2 Å². The second-order valence-electron chi connectivity index (χ2n) is 4.07. The van der Waals surface area contributed by atoms with E-state index >= 15 is 0 Å². The number of hydrogen-bond acceptors (Lipinski definition) is 2. The van der Waals surface area contributed by atoms with Gasteiger partial charge in [-0.25, -0.2) is 0 Å². The monoisotopic (exact) mass is 242 g/mol. The fraction of sp³-hybridized carbons (Fsp3) is 0.133. The minimum atomic E-state index is -0.838. The number of carboxylic acid groups (broad SMARTS) is 1. The van der Waals surface area contributed by atoms with E-state index < -0.39 is 5.97 Å². The molecule has 1 N–H and O–H groups in total. The Hall–Kier alpha value is -2.29. The van der Waals surface area contributed by atoms with Gasteiger partial charge in [0.25, 0.3) is 0 Å². The minimum Gasteiger partial charge on any atom is -0.481 e. The van der Waals surface area contributed by atoms with Crippen molar-refractivity contribution in [2.75, 3.05) is 0 Å². The number of benzene rings is 2. The fourth-order valence-corrected chi connectivity index (χ4v) is 1.69. The Morgan fingerprint density at radius 2 is 1.83 bits per heavy atom. The third-order valence-corrected chi connectivity index (χ3v) is 2.64. The number of rotatable bonds is 4. The summed E-state index contributed by atoms with van der Waals surface area (Å²) in [6.45, 7) is 1.89. The van der Waals surface area contributed by atoms with Gasteiger partial charge in [-0.3, -0.25) is 4.79 Å². The van der Waals surface area contributed by atoms with Crippen LogP contribution in [-0.4, -0.2) is 11.1 Å². The van der Waals surface area contributed by atoms with Crippen LogP contribution >= 0.6 is 0 Å². The van der Waals surface area contributed by atoms with Gasteiger partial charge < -0.3 is 9.84 Å². The molecule has 3 nitrogen and oxygen atoms in total. The third-order valence-electron chi connectivity index (χ3n) is 2.64. The molecule has 0 spiro atoms. The highest BCUT2D eigenvalue weighted by Gasteiger charge is 2.06. The van der Waals surface area contributed by atoms with Crippen LogP contribution in [0, 0.1) is 6.92 Å². The first kappa shape index (κ1) is 12.2. The summed E-state index contributed by atoms with van der Waals surface area (Å²) in [6.07, 6.45) is 0.0117. The first-order valence-corrected chi connectivity index (χ1v) is 5.69. The molecular weight excluding hydrogens is 228 g/mol. The van der Waals surface area contributed by atoms with E-state index in [0.29, 0.717) is 5.75 Å². The van der Waals surface area contributed by atoms with Crippen LogP contribution in [0.4, 0.5) is 0 Å². The lowest BCUT2D eigenvalue weighted by atomic mass is 10.1. The molecule has 0 aliphatic rings. The molecule has 0 amide bonds. The van der Waals surface area contributed by atoms with Gasteiger partial charge in [0.2, 0.25) is 0 Å². The topological polar surface area (TPSA) is 46.5 Å². The first-order valence-electron chi connectivity index (χ1n) is 5.69. The number of para-hydroxylation sites is 1. The Labute approximate surface area is 106 Å². The molecule has 0 bridgehead atoms. The average molecular weight is 242 g/mol. The van der Waals surface area contributed by atoms with Crippen molar-refractivity contribution in [1.82, 2.24) is 0 Å². The van der Waals surface area contributed by atoms with E-state index in [2.05, 4.69) is 0 Å². The second-order valence-corrected chi connectivity index (χ2v) is 4.07. The molecule has 0 heterocycles. The normalized spacial score (nSPS) is 10.1. The lowest BCUT2D eigenvalue weighted by Crippen LogP contribution is -2.02. The van der Waals surface area contributed by atoms with Gasteiger partial charge in [0, 0.05) is 0 Å². The van der Waals surface area contributed by atoms with E-state index in [9.17, 15) is 4.79 Å². The highest BCUT2D eigenvalue weighted by molar-refractivity contribution is 5.71. The van der Waals surface area contributed by atoms with Crippen LogP contribution in [0.25, 0.3) is 0 Å². The molecule has 0 fully saturated rings. The van der Waals surface area contributed by atoms with Crippen LogP contribution in [0.5, 0.6) is 11.5 Å². The summed E-state index contributed by atoms with van der Waals surface area (Å²) in [5.74, 6) is 0.556. The molecule has 2 aromatic carbocycles. The van der Waals surface area contributed by atoms with Gasteiger partial charge in [0.1, 0.15) is 11.5 Å². The van der Waals surface area contributed by atoms with E-state index in [1.54, 1.807) is 6.07 Å². The van der Waals surface area contributed by atoms with Crippen molar-refractivity contribution >= 4 is 5.97 Å². The van der Waals surface area contributed by atoms with Crippen molar-refractivity contribution in [3.8, 4) is 11.5 Å². The van der Waals surface area contributed by atoms with Crippen LogP contribution in [0.3, 0.4) is 0 Å². The van der Waals surface area contributed by atoms with Gasteiger partial charge in [-0.1, -0.05) is 24.3 Å². The van der Waals surface area contributed by atoms with E-state index in [0.717, 1.165) is 16.9 Å². The van der Waals surface area contributed by atoms with Crippen LogP contribution in [0.2, 0.25) is 0 Å². The zero-order chi connectivity index (χ0) is 13.0. The number of hydrogen-bond donors (Lipinski definition) is 1. The molecule has 92 valence electrons. The molecule has 2 aromatic rings. The van der Waals surface area contributed by atoms with Crippen molar-refractivity contribution in [2.45, 2.75) is 13.3 Å². The minimum absolute atomic E-state index is 0.0117. The van der Waals surface area contributed by atoms with Gasteiger partial charge in [-0.2, -0.15) is 0 Å². The van der Waals surface area contributed by atoms with Crippen molar-refractivity contribution in [3.63, 3.8) is 0 Å². The maximum Gasteiger partial charge on any atom is 0.307 e. The first-order chi connectivity index (χ1) is 8.65. The Balaban J connectivity index is 2.22. The number of carboxylic acids is 1. The summed E-state index contributed by atoms with van der Waals surface area (Å²) in [4.78, 5) is 10.7. The molecule has 0 radical (unpaired) electrons. The fourth-order valence-electron chi connectivity index (χ4n) is 1.69. The Morgan fingerprint density at radius 3 is 2.50 bits per heavy atom. The Morgan fingerprint density at radius 1 is 1.11 bits per heavy atom. The number of ether oxygens (including phenoxy) is 1. The summed E-state index contributed by atoms with van der Waals surface area (Å²) in [6, 6.07) is 14.9. The standard InChI is InChI=1S/C15H14O3/c1-11-7-8-14(9-12(11)10-15(16)17)18-13-5-3-2-4-6-13/h2-9H,10H2,1H3,(H,16,17). The van der Waals surface area contributed by atoms with Crippen molar-refractivity contribution in [1.29, 1.82) is 0 Å². The van der Waals surface area contributed by atoms with E-state index in [1.807, 2.05) is 49.4 Å². The van der Waals surface area contributed by atoms with Gasteiger partial charge in [0.15, 0.2) is 0 Å². The molecule has 0 unspecified atom stereocenters. The SMILES string of the molecule is Cc1ccc(Oc2ccccc2)cc1CC(=O)O. The molecule has 18 heavy (non-hydrogen) atoms. The molecular formula is C15H14O3. The highest BCUT2D eigenvalue weighted by atomic mass is 16.5. The molecule has 0 saturated carbocycles. The van der Waals surface area contributed by atoms with Gasteiger partial charge in [0.05, 0.1) is 6.42 Å². The molecule has 0 atom stereocenters. The second kappa shape index (κ2) is 5.36. The maximum absolute atomic E-state index is 10.7. The molecule has 0 aliphatic heterocycles. The highest BCUT2D eigenvalue weighted by Crippen LogP contribution is 2.23. The Bertz CT molecular complexity index is 547. The lowest BCUT2D eigenvalue weighted by Gasteiger charge is -2.09. The smallest absolute Gasteiger partial charge is 0.307 e. The maximum atomic E-state index is 10.7. The zero-order valence-electron chi connectivity index (χ0n) is 10.1. The summed E-state index contributed by atoms with van der Waals surface area (Å²) < 4.78 is 5.66. The van der Waals surface area contributed by atoms with E-state index in [4.69, 9.17) is 9.84 Å². The molecule has 3 heteroatoms. The number of aryl methyl sites for hydroxylation is 1. The predicted octanol–water partition coefficient (Wildman–Crippen LogP) is 3.41. The van der Waals surface area contributed by atoms with Crippen molar-refractivity contribution in [3.05, 3.63) is 59.7 Å². The van der Waals surface area contributed by atoms with Crippen molar-refractivity contribution in [2.24, 2.45) is 0 Å². The summed E-state index contributed by atoms with van der Waals surface area (Å²) in [7, 11) is 0. The molecule has 2 rings (SSSR count). The van der Waals surface area contributed by atoms with E-state index in [-0.39, 0.29) is 6.42 Å². The van der Waals surface area contributed by atoms with Crippen LogP contribution in [0.1, 0.15) is 11.1 Å². The molecule has 0 aromatic heterocycles. The largest absolute Gasteiger partial charge is 0.481 e. The molecule has 0 aliphatic carbocycles. The number of aliphatic carboxylic acids is 1. The quantitative estimate of drug-likeness (QED) is 0.893. The summed E-state index contributed by atoms with van der Waals surface area (Å²) in [5.41, 5.74) is 1.73. The lowest BCUT2D eigenvalue weighted by molar-refractivity contribution is -0.136. The van der Waals surface area contributed by atoms with Crippen LogP contribution < -0.4 is 4.74 Å². The predicted molar refractivity (Wildman–Crippen MR) is 69.0 cm³/mol. The number of carbonyl (C=O) groups is 1. The third kappa shape index (κ3) is 3.10. The molecule has 0 saturated heterocycles. The van der Waals surface area contributed by atoms with Crippen LogP contribution in [0.15, 0.2) is 48.5 Å².